The van der Waals surface area contributed by atoms with E-state index in [1.54, 1.807) is 6.92 Å². The summed E-state index contributed by atoms with van der Waals surface area (Å²) in [4.78, 5) is 0. The van der Waals surface area contributed by atoms with Crippen molar-refractivity contribution in [3.63, 3.8) is 0 Å². The molecule has 0 aliphatic carbocycles. The number of rotatable bonds is 2. The number of benzene rings is 1. The first-order chi connectivity index (χ1) is 6.54. The fraction of sp³-hybridized carbons (Fsp3) is 0.222. The topological polar surface area (TPSA) is 24.4 Å². The highest BCUT2D eigenvalue weighted by Gasteiger charge is 2.29. The van der Waals surface area contributed by atoms with E-state index in [-0.39, 0.29) is 0 Å². The normalized spacial score (nSPS) is 12.0. The van der Waals surface area contributed by atoms with Crippen LogP contribution in [0.5, 0.6) is 0 Å². The highest BCUT2D eigenvalue weighted by molar-refractivity contribution is 5.56. The lowest BCUT2D eigenvalue weighted by Crippen LogP contribution is -2.04. The highest BCUT2D eigenvalue weighted by Crippen LogP contribution is 2.29. The molecule has 0 aliphatic heterocycles. The molecule has 1 N–H and O–H groups in total. The third-order valence-electron chi connectivity index (χ3n) is 1.53. The molecule has 5 heteroatoms. The number of nitrogens with one attached hydrogen (secondary N) is 1. The lowest BCUT2D eigenvalue weighted by atomic mass is 10.2. The minimum absolute atomic E-state index is 0.524. The van der Waals surface area contributed by atoms with E-state index in [1.807, 2.05) is 0 Å². The fourth-order valence-corrected chi connectivity index (χ4v) is 0.873. The van der Waals surface area contributed by atoms with Gasteiger partial charge in [-0.2, -0.15) is 18.3 Å². The van der Waals surface area contributed by atoms with Crippen molar-refractivity contribution >= 4 is 11.9 Å². The van der Waals surface area contributed by atoms with Crippen LogP contribution in [0.2, 0.25) is 0 Å². The average molecular weight is 202 g/mol. The molecule has 0 aromatic heterocycles. The Kier molecular flexibility index (Phi) is 3.11. The van der Waals surface area contributed by atoms with Crippen LogP contribution < -0.4 is 5.43 Å². The average Bonchev–Trinajstić information content (AvgIpc) is 2.14. The summed E-state index contributed by atoms with van der Waals surface area (Å²) in [6.07, 6.45) is -2.77. The first kappa shape index (κ1) is 10.6. The number of anilines is 1. The van der Waals surface area contributed by atoms with Crippen molar-refractivity contribution in [2.75, 3.05) is 5.43 Å². The molecule has 0 radical (unpaired) electrons. The molecule has 0 aliphatic rings. The molecule has 1 aromatic carbocycles. The summed E-state index contributed by atoms with van der Waals surface area (Å²) in [7, 11) is 0. The molecule has 1 aromatic rings. The molecule has 0 fully saturated rings. The maximum absolute atomic E-state index is 12.1. The maximum atomic E-state index is 12.1. The summed E-state index contributed by atoms with van der Waals surface area (Å²) in [5, 5.41) is 3.68. The summed E-state index contributed by atoms with van der Waals surface area (Å²) in [5.41, 5.74) is 2.44. The van der Waals surface area contributed by atoms with Gasteiger partial charge in [0.1, 0.15) is 0 Å². The van der Waals surface area contributed by atoms with Gasteiger partial charge in [-0.15, -0.1) is 0 Å². The second-order valence-corrected chi connectivity index (χ2v) is 2.57. The Morgan fingerprint density at radius 2 is 1.79 bits per heavy atom. The highest BCUT2D eigenvalue weighted by atomic mass is 19.4. The molecular weight excluding hydrogens is 193 g/mol. The van der Waals surface area contributed by atoms with Gasteiger partial charge in [-0.3, -0.25) is 5.43 Å². The van der Waals surface area contributed by atoms with Crippen molar-refractivity contribution in [3.8, 4) is 0 Å². The van der Waals surface area contributed by atoms with Gasteiger partial charge < -0.3 is 0 Å². The molecule has 0 unspecified atom stereocenters. The molecule has 14 heavy (non-hydrogen) atoms. The first-order valence-electron chi connectivity index (χ1n) is 3.95. The van der Waals surface area contributed by atoms with Gasteiger partial charge >= 0.3 is 6.18 Å². The van der Waals surface area contributed by atoms with E-state index in [1.165, 1.54) is 18.3 Å². The van der Waals surface area contributed by atoms with Crippen molar-refractivity contribution in [1.82, 2.24) is 0 Å². The molecule has 0 spiro atoms. The van der Waals surface area contributed by atoms with E-state index in [9.17, 15) is 13.2 Å². The van der Waals surface area contributed by atoms with Gasteiger partial charge in [-0.05, 0) is 31.2 Å². The third kappa shape index (κ3) is 2.76. The molecular formula is C9H9F3N2. The Morgan fingerprint density at radius 1 is 1.21 bits per heavy atom. The van der Waals surface area contributed by atoms with Crippen LogP contribution in [0.15, 0.2) is 29.4 Å². The predicted octanol–water partition coefficient (Wildman–Crippen LogP) is 3.12. The largest absolute Gasteiger partial charge is 0.416 e. The van der Waals surface area contributed by atoms with Crippen molar-refractivity contribution in [2.24, 2.45) is 5.10 Å². The molecule has 0 bridgehead atoms. The summed E-state index contributed by atoms with van der Waals surface area (Å²) in [5.74, 6) is 0. The van der Waals surface area contributed by atoms with E-state index in [2.05, 4.69) is 10.5 Å². The van der Waals surface area contributed by atoms with E-state index in [4.69, 9.17) is 0 Å². The van der Waals surface area contributed by atoms with Crippen molar-refractivity contribution in [1.29, 1.82) is 0 Å². The molecule has 0 heterocycles. The molecule has 76 valence electrons. The third-order valence-corrected chi connectivity index (χ3v) is 1.53. The molecule has 0 saturated carbocycles. The van der Waals surface area contributed by atoms with Gasteiger partial charge in [0.05, 0.1) is 11.3 Å². The number of halogens is 3. The summed E-state index contributed by atoms with van der Waals surface area (Å²) in [6, 6.07) is 4.67. The van der Waals surface area contributed by atoms with Gasteiger partial charge in [0, 0.05) is 6.21 Å². The number of alkyl halides is 3. The Balaban J connectivity index is 2.79. The molecule has 1 rings (SSSR count). The van der Waals surface area contributed by atoms with Crippen LogP contribution in [0.1, 0.15) is 12.5 Å². The van der Waals surface area contributed by atoms with Crippen molar-refractivity contribution in [2.45, 2.75) is 13.1 Å². The van der Waals surface area contributed by atoms with Crippen LogP contribution in [-0.2, 0) is 6.18 Å². The number of hydrogen-bond donors (Lipinski definition) is 1. The van der Waals surface area contributed by atoms with Gasteiger partial charge in [-0.1, -0.05) is 0 Å². The zero-order valence-electron chi connectivity index (χ0n) is 7.47. The molecule has 0 atom stereocenters. The summed E-state index contributed by atoms with van der Waals surface area (Å²) >= 11 is 0. The molecule has 0 amide bonds. The van der Waals surface area contributed by atoms with Gasteiger partial charge in [0.25, 0.3) is 0 Å². The zero-order chi connectivity index (χ0) is 10.6. The van der Waals surface area contributed by atoms with Crippen LogP contribution in [0.3, 0.4) is 0 Å². The first-order valence-corrected chi connectivity index (χ1v) is 3.95. The molecule has 2 nitrogen and oxygen atoms in total. The second-order valence-electron chi connectivity index (χ2n) is 2.57. The minimum atomic E-state index is -4.29. The number of hydrogen-bond acceptors (Lipinski definition) is 2. The quantitative estimate of drug-likeness (QED) is 0.578. The standard InChI is InChI=1S/C9H9F3N2/c1-2-13-14-8-5-3-7(4-6-8)9(10,11)12/h2-6,14H,1H3/b13-2+. The lowest BCUT2D eigenvalue weighted by Gasteiger charge is -2.06. The summed E-state index contributed by atoms with van der Waals surface area (Å²) < 4.78 is 36.4. The van der Waals surface area contributed by atoms with Crippen LogP contribution in [-0.4, -0.2) is 6.21 Å². The molecule has 0 saturated heterocycles. The van der Waals surface area contributed by atoms with Crippen LogP contribution in [0.4, 0.5) is 18.9 Å². The monoisotopic (exact) mass is 202 g/mol. The van der Waals surface area contributed by atoms with Crippen LogP contribution in [0, 0.1) is 0 Å². The Morgan fingerprint density at radius 3 is 2.21 bits per heavy atom. The van der Waals surface area contributed by atoms with E-state index < -0.39 is 11.7 Å². The maximum Gasteiger partial charge on any atom is 0.416 e. The van der Waals surface area contributed by atoms with Crippen molar-refractivity contribution < 1.29 is 13.2 Å². The van der Waals surface area contributed by atoms with E-state index in [0.717, 1.165) is 12.1 Å². The SMILES string of the molecule is C/C=N/Nc1ccc(C(F)(F)F)cc1. The minimum Gasteiger partial charge on any atom is -0.279 e. The van der Waals surface area contributed by atoms with Gasteiger partial charge in [-0.25, -0.2) is 0 Å². The Labute approximate surface area is 79.4 Å². The predicted molar refractivity (Wildman–Crippen MR) is 49.2 cm³/mol. The number of hydrazone groups is 1. The van der Waals surface area contributed by atoms with E-state index in [0.29, 0.717) is 5.69 Å². The van der Waals surface area contributed by atoms with E-state index >= 15 is 0 Å². The van der Waals surface area contributed by atoms with Gasteiger partial charge in [0.2, 0.25) is 0 Å². The van der Waals surface area contributed by atoms with Crippen molar-refractivity contribution in [3.05, 3.63) is 29.8 Å². The second kappa shape index (κ2) is 4.13. The fourth-order valence-electron chi connectivity index (χ4n) is 0.873. The zero-order valence-corrected chi connectivity index (χ0v) is 7.47. The van der Waals surface area contributed by atoms with Gasteiger partial charge in [0.15, 0.2) is 0 Å². The number of nitrogens with zero attached hydrogens (tertiary/aromatic N) is 1. The lowest BCUT2D eigenvalue weighted by molar-refractivity contribution is -0.137. The van der Waals surface area contributed by atoms with Crippen LogP contribution >= 0.6 is 0 Å². The summed E-state index contributed by atoms with van der Waals surface area (Å²) in [6.45, 7) is 1.71. The smallest absolute Gasteiger partial charge is 0.279 e. The Bertz CT molecular complexity index is 314. The van der Waals surface area contributed by atoms with Crippen LogP contribution in [0.25, 0.3) is 0 Å². The Hall–Kier alpha value is -1.52.